The van der Waals surface area contributed by atoms with Crippen molar-refractivity contribution < 1.29 is 0 Å². The highest BCUT2D eigenvalue weighted by Crippen LogP contribution is 2.21. The van der Waals surface area contributed by atoms with Crippen LogP contribution in [0.15, 0.2) is 72.8 Å². The van der Waals surface area contributed by atoms with Crippen molar-refractivity contribution in [2.24, 2.45) is 0 Å². The summed E-state index contributed by atoms with van der Waals surface area (Å²) < 4.78 is 0. The van der Waals surface area contributed by atoms with Crippen LogP contribution in [0.5, 0.6) is 0 Å². The molecular weight excluding hydrogens is 324 g/mol. The van der Waals surface area contributed by atoms with E-state index in [4.69, 9.17) is 12.2 Å². The average Bonchev–Trinajstić information content (AvgIpc) is 2.68. The molecule has 3 aromatic rings. The molecule has 0 unspecified atom stereocenters. The molecule has 0 radical (unpaired) electrons. The summed E-state index contributed by atoms with van der Waals surface area (Å²) in [6, 6.07) is 25.6. The van der Waals surface area contributed by atoms with Gasteiger partial charge >= 0.3 is 0 Å². The number of piperazine rings is 1. The molecule has 1 aliphatic heterocycles. The lowest BCUT2D eigenvalue weighted by atomic mass is 10.0. The van der Waals surface area contributed by atoms with Gasteiger partial charge in [-0.05, 0) is 16.3 Å². The van der Waals surface area contributed by atoms with Crippen molar-refractivity contribution in [1.82, 2.24) is 9.80 Å². The molecule has 0 saturated carbocycles. The van der Waals surface area contributed by atoms with Crippen molar-refractivity contribution in [2.75, 3.05) is 26.2 Å². The molecule has 0 atom stereocenters. The maximum Gasteiger partial charge on any atom is 0.109 e. The number of benzene rings is 3. The molecule has 4 rings (SSSR count). The molecule has 0 amide bonds. The molecule has 0 N–H and O–H groups in total. The molecule has 25 heavy (non-hydrogen) atoms. The second-order valence-electron chi connectivity index (χ2n) is 6.58. The number of nitrogens with zero attached hydrogens (tertiary/aromatic N) is 2. The Morgan fingerprint density at radius 1 is 0.760 bits per heavy atom. The van der Waals surface area contributed by atoms with Crippen molar-refractivity contribution >= 4 is 28.0 Å². The molecule has 0 bridgehead atoms. The second-order valence-corrected chi connectivity index (χ2v) is 6.97. The molecule has 1 heterocycles. The molecule has 3 aromatic carbocycles. The van der Waals surface area contributed by atoms with E-state index in [1.807, 2.05) is 0 Å². The summed E-state index contributed by atoms with van der Waals surface area (Å²) in [6.45, 7) is 5.12. The fourth-order valence-electron chi connectivity index (χ4n) is 3.53. The van der Waals surface area contributed by atoms with Crippen LogP contribution < -0.4 is 0 Å². The topological polar surface area (TPSA) is 6.48 Å². The molecule has 1 aliphatic rings. The van der Waals surface area contributed by atoms with E-state index in [0.29, 0.717) is 0 Å². The molecule has 2 nitrogen and oxygen atoms in total. The lowest BCUT2D eigenvalue weighted by Crippen LogP contribution is -2.48. The molecule has 126 valence electrons. The van der Waals surface area contributed by atoms with E-state index in [0.717, 1.165) is 37.7 Å². The number of fused-ring (bicyclic) bond motifs is 1. The summed E-state index contributed by atoms with van der Waals surface area (Å²) >= 11 is 5.84. The van der Waals surface area contributed by atoms with Gasteiger partial charge in [0, 0.05) is 38.3 Å². The fourth-order valence-corrected chi connectivity index (χ4v) is 3.89. The van der Waals surface area contributed by atoms with E-state index in [1.54, 1.807) is 0 Å². The predicted octanol–water partition coefficient (Wildman–Crippen LogP) is 4.33. The number of rotatable bonds is 3. The zero-order valence-corrected chi connectivity index (χ0v) is 15.1. The average molecular weight is 346 g/mol. The standard InChI is InChI=1S/C22H22N2S/c25-22(21-12-6-10-19-9-4-5-11-20(19)21)24-15-13-23(14-16-24)17-18-7-2-1-3-8-18/h1-12H,13-17H2. The predicted molar refractivity (Wildman–Crippen MR) is 109 cm³/mol. The van der Waals surface area contributed by atoms with Crippen molar-refractivity contribution in [2.45, 2.75) is 6.54 Å². The number of hydrogen-bond acceptors (Lipinski definition) is 2. The van der Waals surface area contributed by atoms with Gasteiger partial charge in [-0.2, -0.15) is 0 Å². The Labute approximate surface area is 154 Å². The van der Waals surface area contributed by atoms with Crippen LogP contribution in [-0.2, 0) is 6.54 Å². The maximum absolute atomic E-state index is 5.84. The van der Waals surface area contributed by atoms with Crippen LogP contribution in [0.4, 0.5) is 0 Å². The highest BCUT2D eigenvalue weighted by atomic mass is 32.1. The Hall–Kier alpha value is -2.23. The molecule has 0 aliphatic carbocycles. The summed E-state index contributed by atoms with van der Waals surface area (Å²) in [6.07, 6.45) is 0. The Balaban J connectivity index is 1.44. The first-order valence-electron chi connectivity index (χ1n) is 8.84. The minimum absolute atomic E-state index is 0.983. The van der Waals surface area contributed by atoms with Gasteiger partial charge in [0.2, 0.25) is 0 Å². The van der Waals surface area contributed by atoms with Gasteiger partial charge in [-0.3, -0.25) is 4.90 Å². The van der Waals surface area contributed by atoms with Crippen LogP contribution in [0, 0.1) is 0 Å². The van der Waals surface area contributed by atoms with E-state index in [9.17, 15) is 0 Å². The van der Waals surface area contributed by atoms with Gasteiger partial charge in [0.1, 0.15) is 4.99 Å². The maximum atomic E-state index is 5.84. The lowest BCUT2D eigenvalue weighted by Gasteiger charge is -2.36. The normalized spacial score (nSPS) is 15.4. The molecule has 0 aromatic heterocycles. The summed E-state index contributed by atoms with van der Waals surface area (Å²) in [7, 11) is 0. The first kappa shape index (κ1) is 16.2. The Morgan fingerprint density at radius 2 is 1.44 bits per heavy atom. The van der Waals surface area contributed by atoms with Gasteiger partial charge in [0.05, 0.1) is 0 Å². The zero-order valence-electron chi connectivity index (χ0n) is 14.3. The van der Waals surface area contributed by atoms with Crippen molar-refractivity contribution in [3.63, 3.8) is 0 Å². The summed E-state index contributed by atoms with van der Waals surface area (Å²) in [5.41, 5.74) is 2.57. The monoisotopic (exact) mass is 346 g/mol. The third-order valence-corrected chi connectivity index (χ3v) is 5.41. The zero-order chi connectivity index (χ0) is 17.1. The van der Waals surface area contributed by atoms with Crippen LogP contribution >= 0.6 is 12.2 Å². The summed E-state index contributed by atoms with van der Waals surface area (Å²) in [4.78, 5) is 5.85. The molecule has 0 spiro atoms. The minimum Gasteiger partial charge on any atom is -0.360 e. The van der Waals surface area contributed by atoms with Gasteiger partial charge in [0.25, 0.3) is 0 Å². The first-order chi connectivity index (χ1) is 12.3. The van der Waals surface area contributed by atoms with Crippen molar-refractivity contribution in [3.05, 3.63) is 83.9 Å². The van der Waals surface area contributed by atoms with E-state index >= 15 is 0 Å². The van der Waals surface area contributed by atoms with E-state index in [1.165, 1.54) is 21.9 Å². The minimum atomic E-state index is 0.983. The van der Waals surface area contributed by atoms with Gasteiger partial charge < -0.3 is 4.90 Å². The highest BCUT2D eigenvalue weighted by molar-refractivity contribution is 7.80. The number of hydrogen-bond donors (Lipinski definition) is 0. The Bertz CT molecular complexity index is 862. The van der Waals surface area contributed by atoms with Crippen LogP contribution in [0.1, 0.15) is 11.1 Å². The van der Waals surface area contributed by atoms with Crippen LogP contribution in [0.25, 0.3) is 10.8 Å². The highest BCUT2D eigenvalue weighted by Gasteiger charge is 2.20. The quantitative estimate of drug-likeness (QED) is 0.652. The Kier molecular flexibility index (Phi) is 4.77. The van der Waals surface area contributed by atoms with Gasteiger partial charge in [-0.1, -0.05) is 85.0 Å². The van der Waals surface area contributed by atoms with Crippen molar-refractivity contribution in [1.29, 1.82) is 0 Å². The second kappa shape index (κ2) is 7.34. The van der Waals surface area contributed by atoms with Crippen LogP contribution in [0.2, 0.25) is 0 Å². The van der Waals surface area contributed by atoms with Crippen LogP contribution in [-0.4, -0.2) is 41.0 Å². The Morgan fingerprint density at radius 3 is 2.24 bits per heavy atom. The van der Waals surface area contributed by atoms with Gasteiger partial charge in [0.15, 0.2) is 0 Å². The SMILES string of the molecule is S=C(c1cccc2ccccc12)N1CCN(Cc2ccccc2)CC1. The van der Waals surface area contributed by atoms with E-state index in [-0.39, 0.29) is 0 Å². The van der Waals surface area contributed by atoms with Gasteiger partial charge in [-0.15, -0.1) is 0 Å². The van der Waals surface area contributed by atoms with E-state index < -0.39 is 0 Å². The lowest BCUT2D eigenvalue weighted by molar-refractivity contribution is 0.177. The van der Waals surface area contributed by atoms with Gasteiger partial charge in [-0.25, -0.2) is 0 Å². The molecular formula is C22H22N2S. The molecule has 1 saturated heterocycles. The van der Waals surface area contributed by atoms with Crippen molar-refractivity contribution in [3.8, 4) is 0 Å². The fraction of sp³-hybridized carbons (Fsp3) is 0.227. The third kappa shape index (κ3) is 3.58. The number of thiocarbonyl (C=S) groups is 1. The molecule has 3 heteroatoms. The van der Waals surface area contributed by atoms with Crippen LogP contribution in [0.3, 0.4) is 0 Å². The van der Waals surface area contributed by atoms with E-state index in [2.05, 4.69) is 82.6 Å². The summed E-state index contributed by atoms with van der Waals surface area (Å²) in [5, 5.41) is 2.51. The first-order valence-corrected chi connectivity index (χ1v) is 9.25. The molecule has 1 fully saturated rings. The third-order valence-electron chi connectivity index (χ3n) is 4.93. The smallest absolute Gasteiger partial charge is 0.109 e. The summed E-state index contributed by atoms with van der Waals surface area (Å²) in [5.74, 6) is 0. The largest absolute Gasteiger partial charge is 0.360 e.